The summed E-state index contributed by atoms with van der Waals surface area (Å²) in [4.78, 5) is 11.6. The summed E-state index contributed by atoms with van der Waals surface area (Å²) in [6, 6.07) is 10.7. The highest BCUT2D eigenvalue weighted by molar-refractivity contribution is 5.98. The van der Waals surface area contributed by atoms with Gasteiger partial charge in [0.1, 0.15) is 5.82 Å². The van der Waals surface area contributed by atoms with Crippen molar-refractivity contribution in [3.63, 3.8) is 0 Å². The molecular formula is C15H13FN2O2. The van der Waals surface area contributed by atoms with Crippen LogP contribution < -0.4 is 10.8 Å². The second-order valence-corrected chi connectivity index (χ2v) is 4.81. The molecule has 3 rings (SSSR count). The fraction of sp³-hybridized carbons (Fsp3) is 0.133. The fourth-order valence-corrected chi connectivity index (χ4v) is 2.40. The predicted octanol–water partition coefficient (Wildman–Crippen LogP) is 2.10. The van der Waals surface area contributed by atoms with Crippen molar-refractivity contribution in [2.24, 2.45) is 5.73 Å². The molecule has 2 aromatic rings. The maximum Gasteiger partial charge on any atom is 0.267 e. The predicted molar refractivity (Wildman–Crippen MR) is 72.8 cm³/mol. The summed E-state index contributed by atoms with van der Waals surface area (Å²) in [7, 11) is 0. The molecule has 0 saturated heterocycles. The molecule has 1 aliphatic rings. The second kappa shape index (κ2) is 4.70. The van der Waals surface area contributed by atoms with Gasteiger partial charge in [-0.15, -0.1) is 0 Å². The van der Waals surface area contributed by atoms with E-state index in [2.05, 4.69) is 0 Å². The van der Waals surface area contributed by atoms with E-state index in [-0.39, 0.29) is 5.82 Å². The average Bonchev–Trinajstić information content (AvgIpc) is 2.44. The Kier molecular flexibility index (Phi) is 3.00. The molecule has 3 N–H and O–H groups in total. The summed E-state index contributed by atoms with van der Waals surface area (Å²) in [5, 5.41) is 10.3. The number of amides is 1. The SMILES string of the molecule is N[C@H]1Cc2cc(-c3cccc(F)c3)ccc2N(O)C1=O. The van der Waals surface area contributed by atoms with Crippen LogP contribution in [0.4, 0.5) is 10.1 Å². The summed E-state index contributed by atoms with van der Waals surface area (Å²) in [6.07, 6.45) is 0.356. The molecule has 0 bridgehead atoms. The van der Waals surface area contributed by atoms with Crippen molar-refractivity contribution in [1.82, 2.24) is 0 Å². The number of hydrogen-bond acceptors (Lipinski definition) is 3. The van der Waals surface area contributed by atoms with Crippen molar-refractivity contribution in [2.75, 3.05) is 5.06 Å². The van der Waals surface area contributed by atoms with Crippen molar-refractivity contribution in [1.29, 1.82) is 0 Å². The van der Waals surface area contributed by atoms with Crippen LogP contribution in [0.5, 0.6) is 0 Å². The minimum absolute atomic E-state index is 0.309. The van der Waals surface area contributed by atoms with Crippen LogP contribution in [0.3, 0.4) is 0 Å². The molecule has 0 unspecified atom stereocenters. The molecule has 1 atom stereocenters. The summed E-state index contributed by atoms with van der Waals surface area (Å²) >= 11 is 0. The molecule has 4 nitrogen and oxygen atoms in total. The first-order valence-electron chi connectivity index (χ1n) is 6.23. The van der Waals surface area contributed by atoms with Gasteiger partial charge < -0.3 is 5.73 Å². The van der Waals surface area contributed by atoms with E-state index in [0.717, 1.165) is 16.7 Å². The first-order chi connectivity index (χ1) is 9.56. The first kappa shape index (κ1) is 12.8. The molecule has 1 aliphatic heterocycles. The largest absolute Gasteiger partial charge is 0.320 e. The van der Waals surface area contributed by atoms with Crippen molar-refractivity contribution < 1.29 is 14.4 Å². The Morgan fingerprint density at radius 3 is 2.70 bits per heavy atom. The van der Waals surface area contributed by atoms with Gasteiger partial charge in [0, 0.05) is 0 Å². The van der Waals surface area contributed by atoms with Crippen LogP contribution in [0.1, 0.15) is 5.56 Å². The number of carbonyl (C=O) groups excluding carboxylic acids is 1. The van der Waals surface area contributed by atoms with Gasteiger partial charge in [0.2, 0.25) is 0 Å². The molecule has 5 heteroatoms. The molecule has 1 amide bonds. The third-order valence-electron chi connectivity index (χ3n) is 3.43. The molecule has 0 fully saturated rings. The number of benzene rings is 2. The minimum Gasteiger partial charge on any atom is -0.320 e. The van der Waals surface area contributed by atoms with E-state index < -0.39 is 11.9 Å². The Labute approximate surface area is 115 Å². The van der Waals surface area contributed by atoms with Crippen molar-refractivity contribution in [3.8, 4) is 11.1 Å². The van der Waals surface area contributed by atoms with Crippen LogP contribution in [-0.2, 0) is 11.2 Å². The number of nitrogens with two attached hydrogens (primary N) is 1. The average molecular weight is 272 g/mol. The molecule has 1 heterocycles. The Hall–Kier alpha value is -2.24. The van der Waals surface area contributed by atoms with Gasteiger partial charge in [-0.25, -0.2) is 4.39 Å². The van der Waals surface area contributed by atoms with Crippen LogP contribution in [0.25, 0.3) is 11.1 Å². The molecule has 0 aromatic heterocycles. The van der Waals surface area contributed by atoms with Gasteiger partial charge >= 0.3 is 0 Å². The van der Waals surface area contributed by atoms with Gasteiger partial charge in [-0.2, -0.15) is 5.06 Å². The van der Waals surface area contributed by atoms with Gasteiger partial charge in [0.25, 0.3) is 5.91 Å². The van der Waals surface area contributed by atoms with Crippen LogP contribution in [0.15, 0.2) is 42.5 Å². The summed E-state index contributed by atoms with van der Waals surface area (Å²) in [6.45, 7) is 0. The quantitative estimate of drug-likeness (QED) is 0.781. The third kappa shape index (κ3) is 2.07. The number of rotatable bonds is 1. The van der Waals surface area contributed by atoms with Gasteiger partial charge in [0.15, 0.2) is 0 Å². The van der Waals surface area contributed by atoms with E-state index in [1.54, 1.807) is 24.3 Å². The highest BCUT2D eigenvalue weighted by Gasteiger charge is 2.29. The monoisotopic (exact) mass is 272 g/mol. The number of fused-ring (bicyclic) bond motifs is 1. The molecule has 2 aromatic carbocycles. The fourth-order valence-electron chi connectivity index (χ4n) is 2.40. The normalized spacial score (nSPS) is 18.1. The molecule has 102 valence electrons. The number of halogens is 1. The Morgan fingerprint density at radius 1 is 1.20 bits per heavy atom. The van der Waals surface area contributed by atoms with Gasteiger partial charge in [-0.05, 0) is 47.4 Å². The summed E-state index contributed by atoms with van der Waals surface area (Å²) in [5.74, 6) is -0.827. The standard InChI is InChI=1S/C15H13FN2O2/c16-12-3-1-2-9(7-12)10-4-5-14-11(6-10)8-13(17)15(19)18(14)20/h1-7,13,20H,8,17H2/t13-/m0/s1. The number of hydrogen-bond donors (Lipinski definition) is 2. The molecule has 0 aliphatic carbocycles. The van der Waals surface area contributed by atoms with Crippen LogP contribution in [-0.4, -0.2) is 17.2 Å². The number of hydroxylamine groups is 1. The molecule has 0 radical (unpaired) electrons. The zero-order valence-corrected chi connectivity index (χ0v) is 10.6. The summed E-state index contributed by atoms with van der Waals surface area (Å²) < 4.78 is 13.3. The van der Waals surface area contributed by atoms with E-state index in [1.165, 1.54) is 12.1 Å². The lowest BCUT2D eigenvalue weighted by molar-refractivity contribution is -0.125. The van der Waals surface area contributed by atoms with E-state index in [0.29, 0.717) is 17.2 Å². The van der Waals surface area contributed by atoms with Crippen molar-refractivity contribution in [2.45, 2.75) is 12.5 Å². The van der Waals surface area contributed by atoms with Crippen molar-refractivity contribution in [3.05, 3.63) is 53.8 Å². The lowest BCUT2D eigenvalue weighted by Gasteiger charge is -2.27. The molecule has 0 spiro atoms. The summed E-state index contributed by atoms with van der Waals surface area (Å²) in [5.41, 5.74) is 8.43. The van der Waals surface area contributed by atoms with Crippen LogP contribution >= 0.6 is 0 Å². The minimum atomic E-state index is -0.754. The Bertz CT molecular complexity index is 687. The van der Waals surface area contributed by atoms with Crippen molar-refractivity contribution >= 4 is 11.6 Å². The smallest absolute Gasteiger partial charge is 0.267 e. The van der Waals surface area contributed by atoms with Gasteiger partial charge in [0.05, 0.1) is 11.7 Å². The van der Waals surface area contributed by atoms with Gasteiger partial charge in [-0.1, -0.05) is 18.2 Å². The molecule has 20 heavy (non-hydrogen) atoms. The maximum atomic E-state index is 13.3. The number of carbonyl (C=O) groups is 1. The third-order valence-corrected chi connectivity index (χ3v) is 3.43. The first-order valence-corrected chi connectivity index (χ1v) is 6.23. The highest BCUT2D eigenvalue weighted by atomic mass is 19.1. The molecule has 0 saturated carbocycles. The van der Waals surface area contributed by atoms with E-state index >= 15 is 0 Å². The lowest BCUT2D eigenvalue weighted by Crippen LogP contribution is -2.47. The van der Waals surface area contributed by atoms with E-state index in [4.69, 9.17) is 5.73 Å². The topological polar surface area (TPSA) is 66.6 Å². The second-order valence-electron chi connectivity index (χ2n) is 4.81. The lowest BCUT2D eigenvalue weighted by atomic mass is 9.95. The van der Waals surface area contributed by atoms with E-state index in [1.807, 2.05) is 6.07 Å². The maximum absolute atomic E-state index is 13.3. The number of nitrogens with zero attached hydrogens (tertiary/aromatic N) is 1. The number of anilines is 1. The van der Waals surface area contributed by atoms with E-state index in [9.17, 15) is 14.4 Å². The zero-order chi connectivity index (χ0) is 14.3. The molecular weight excluding hydrogens is 259 g/mol. The van der Waals surface area contributed by atoms with Crippen LogP contribution in [0, 0.1) is 5.82 Å². The van der Waals surface area contributed by atoms with Gasteiger partial charge in [-0.3, -0.25) is 10.0 Å². The van der Waals surface area contributed by atoms with Crippen LogP contribution in [0.2, 0.25) is 0 Å². The zero-order valence-electron chi connectivity index (χ0n) is 10.6. The Balaban J connectivity index is 2.06. The highest BCUT2D eigenvalue weighted by Crippen LogP contribution is 2.31. The Morgan fingerprint density at radius 2 is 1.95 bits per heavy atom.